The Morgan fingerprint density at radius 3 is 1.32 bits per heavy atom. The molecule has 6 unspecified atom stereocenters. The van der Waals surface area contributed by atoms with Crippen LogP contribution in [0, 0.1) is 0 Å². The zero-order chi connectivity index (χ0) is 47.8. The van der Waals surface area contributed by atoms with E-state index >= 15 is 0 Å². The van der Waals surface area contributed by atoms with Gasteiger partial charge in [0.2, 0.25) is 0 Å². The first-order chi connectivity index (χ1) is 32.4. The molecule has 0 bridgehead atoms. The number of ether oxygens (including phenoxy) is 4. The summed E-state index contributed by atoms with van der Waals surface area (Å²) in [5, 5.41) is 40.3. The highest BCUT2D eigenvalue weighted by atomic mass is 16.7. The Morgan fingerprint density at radius 1 is 0.485 bits per heavy atom. The second-order valence-corrected chi connectivity index (χ2v) is 19.4. The predicted octanol–water partition coefficient (Wildman–Crippen LogP) is 14.3. The van der Waals surface area contributed by atoms with Gasteiger partial charge in [-0.15, -0.1) is 0 Å². The van der Waals surface area contributed by atoms with Crippen LogP contribution in [0.5, 0.6) is 0 Å². The standard InChI is InChI=1S/C57H106O9/c1-3-5-7-9-11-13-15-17-19-21-23-25-26-27-28-30-32-34-36-38-40-42-44-46-53(59)65-51(50-64-57-56(62)55(61)54(60)52(48-58)66-57)49-63-47-45-43-41-39-37-35-33-31-29-24-22-20-18-16-14-12-10-8-6-4-2/h15,17-18,20-21,23,51-52,54-58,60-62H,3-14,16,19,22,24-50H2,1-2H3/b17-15-,20-18-,23-21-. The number of hydrogen-bond donors (Lipinski definition) is 4. The summed E-state index contributed by atoms with van der Waals surface area (Å²) in [5.41, 5.74) is 0. The first kappa shape index (κ1) is 62.4. The SMILES string of the molecule is CCCCCCC/C=C\C/C=C\CCCCCCCCCCCCCC(=O)OC(COCCCCCCCCCCCC/C=C\CCCCCCCC)COC1OC(CO)C(O)C(O)C1O. The maximum atomic E-state index is 12.9. The third-order valence-corrected chi connectivity index (χ3v) is 13.0. The molecule has 0 aromatic heterocycles. The number of carbonyl (C=O) groups is 1. The second kappa shape index (κ2) is 48.4. The Kier molecular flexibility index (Phi) is 45.8. The minimum Gasteiger partial charge on any atom is -0.457 e. The highest BCUT2D eigenvalue weighted by Crippen LogP contribution is 2.23. The maximum Gasteiger partial charge on any atom is 0.306 e. The Labute approximate surface area is 406 Å². The van der Waals surface area contributed by atoms with Gasteiger partial charge in [0, 0.05) is 13.0 Å². The Hall–Kier alpha value is -1.59. The molecule has 66 heavy (non-hydrogen) atoms. The minimum absolute atomic E-state index is 0.112. The van der Waals surface area contributed by atoms with Crippen LogP contribution in [-0.4, -0.2) is 89.6 Å². The van der Waals surface area contributed by atoms with Crippen molar-refractivity contribution in [3.05, 3.63) is 36.5 Å². The van der Waals surface area contributed by atoms with Gasteiger partial charge in [-0.3, -0.25) is 4.79 Å². The molecule has 0 spiro atoms. The van der Waals surface area contributed by atoms with Crippen molar-refractivity contribution in [2.24, 2.45) is 0 Å². The molecule has 0 amide bonds. The summed E-state index contributed by atoms with van der Waals surface area (Å²) in [6.07, 6.45) is 53.2. The summed E-state index contributed by atoms with van der Waals surface area (Å²) in [4.78, 5) is 12.9. The van der Waals surface area contributed by atoms with Crippen LogP contribution in [-0.2, 0) is 23.7 Å². The van der Waals surface area contributed by atoms with Crippen LogP contribution in [0.15, 0.2) is 36.5 Å². The lowest BCUT2D eigenvalue weighted by Gasteiger charge is -2.39. The normalized spacial score (nSPS) is 19.5. The van der Waals surface area contributed by atoms with Crippen molar-refractivity contribution < 1.29 is 44.2 Å². The van der Waals surface area contributed by atoms with E-state index < -0.39 is 43.4 Å². The quantitative estimate of drug-likeness (QED) is 0.0267. The Morgan fingerprint density at radius 2 is 0.879 bits per heavy atom. The molecule has 388 valence electrons. The van der Waals surface area contributed by atoms with Gasteiger partial charge in [-0.25, -0.2) is 0 Å². The second-order valence-electron chi connectivity index (χ2n) is 19.4. The molecular formula is C57H106O9. The molecule has 1 aliphatic rings. The summed E-state index contributed by atoms with van der Waals surface area (Å²) < 4.78 is 23.0. The first-order valence-electron chi connectivity index (χ1n) is 28.1. The number of carbonyl (C=O) groups excluding carboxylic acids is 1. The molecule has 9 nitrogen and oxygen atoms in total. The molecule has 4 N–H and O–H groups in total. The zero-order valence-corrected chi connectivity index (χ0v) is 43.0. The summed E-state index contributed by atoms with van der Waals surface area (Å²) in [6.45, 7) is 4.58. The minimum atomic E-state index is -1.54. The predicted molar refractivity (Wildman–Crippen MR) is 275 cm³/mol. The van der Waals surface area contributed by atoms with E-state index in [9.17, 15) is 25.2 Å². The summed E-state index contributed by atoms with van der Waals surface area (Å²) in [5.74, 6) is -0.313. The molecule has 0 radical (unpaired) electrons. The van der Waals surface area contributed by atoms with Crippen molar-refractivity contribution in [2.45, 2.75) is 295 Å². The molecule has 9 heteroatoms. The molecule has 1 aliphatic heterocycles. The number of rotatable bonds is 49. The fourth-order valence-corrected chi connectivity index (χ4v) is 8.64. The van der Waals surface area contributed by atoms with Gasteiger partial charge in [-0.05, 0) is 70.6 Å². The van der Waals surface area contributed by atoms with Crippen LogP contribution in [0.25, 0.3) is 0 Å². The molecule has 1 rings (SSSR count). The van der Waals surface area contributed by atoms with Crippen LogP contribution < -0.4 is 0 Å². The molecule has 1 heterocycles. The van der Waals surface area contributed by atoms with E-state index in [-0.39, 0.29) is 19.2 Å². The number of unbranched alkanes of at least 4 members (excludes halogenated alkanes) is 32. The van der Waals surface area contributed by atoms with Gasteiger partial charge in [0.15, 0.2) is 6.29 Å². The van der Waals surface area contributed by atoms with Crippen molar-refractivity contribution in [3.8, 4) is 0 Å². The molecule has 1 fully saturated rings. The third kappa shape index (κ3) is 38.3. The molecular weight excluding hydrogens is 829 g/mol. The van der Waals surface area contributed by atoms with Crippen molar-refractivity contribution in [3.63, 3.8) is 0 Å². The summed E-state index contributed by atoms with van der Waals surface area (Å²) in [6, 6.07) is 0. The maximum absolute atomic E-state index is 12.9. The van der Waals surface area contributed by atoms with Gasteiger partial charge in [0.25, 0.3) is 0 Å². The number of hydrogen-bond acceptors (Lipinski definition) is 9. The largest absolute Gasteiger partial charge is 0.457 e. The average Bonchev–Trinajstić information content (AvgIpc) is 3.32. The van der Waals surface area contributed by atoms with Gasteiger partial charge in [0.05, 0.1) is 19.8 Å². The Balaban J connectivity index is 2.16. The van der Waals surface area contributed by atoms with Crippen molar-refractivity contribution in [2.75, 3.05) is 26.4 Å². The number of aliphatic hydroxyl groups excluding tert-OH is 4. The van der Waals surface area contributed by atoms with E-state index in [1.807, 2.05) is 0 Å². The molecule has 0 aromatic carbocycles. The molecule has 0 aromatic rings. The molecule has 0 aliphatic carbocycles. The van der Waals surface area contributed by atoms with Gasteiger partial charge < -0.3 is 39.4 Å². The fourth-order valence-electron chi connectivity index (χ4n) is 8.64. The van der Waals surface area contributed by atoms with E-state index in [4.69, 9.17) is 18.9 Å². The van der Waals surface area contributed by atoms with Gasteiger partial charge in [-0.2, -0.15) is 0 Å². The Bertz CT molecular complexity index is 1110. The van der Waals surface area contributed by atoms with E-state index in [1.54, 1.807) is 0 Å². The topological polar surface area (TPSA) is 135 Å². The van der Waals surface area contributed by atoms with Gasteiger partial charge in [0.1, 0.15) is 30.5 Å². The highest BCUT2D eigenvalue weighted by molar-refractivity contribution is 5.69. The number of allylic oxidation sites excluding steroid dienone is 6. The molecule has 0 saturated carbocycles. The van der Waals surface area contributed by atoms with Crippen molar-refractivity contribution in [1.29, 1.82) is 0 Å². The van der Waals surface area contributed by atoms with Crippen molar-refractivity contribution in [1.82, 2.24) is 0 Å². The lowest BCUT2D eigenvalue weighted by molar-refractivity contribution is -0.305. The lowest BCUT2D eigenvalue weighted by atomic mass is 9.99. The lowest BCUT2D eigenvalue weighted by Crippen LogP contribution is -2.59. The molecule has 6 atom stereocenters. The van der Waals surface area contributed by atoms with Crippen LogP contribution in [0.2, 0.25) is 0 Å². The monoisotopic (exact) mass is 935 g/mol. The number of aliphatic hydroxyl groups is 4. The van der Waals surface area contributed by atoms with Gasteiger partial charge >= 0.3 is 5.97 Å². The average molecular weight is 935 g/mol. The summed E-state index contributed by atoms with van der Waals surface area (Å²) >= 11 is 0. The zero-order valence-electron chi connectivity index (χ0n) is 43.0. The first-order valence-corrected chi connectivity index (χ1v) is 28.1. The van der Waals surface area contributed by atoms with Crippen LogP contribution in [0.3, 0.4) is 0 Å². The van der Waals surface area contributed by atoms with Crippen LogP contribution in [0.1, 0.15) is 258 Å². The smallest absolute Gasteiger partial charge is 0.306 e. The van der Waals surface area contributed by atoms with Crippen molar-refractivity contribution >= 4 is 5.97 Å². The molecule has 1 saturated heterocycles. The third-order valence-electron chi connectivity index (χ3n) is 13.0. The fraction of sp³-hybridized carbons (Fsp3) is 0.877. The number of esters is 1. The van der Waals surface area contributed by atoms with E-state index in [1.165, 1.54) is 199 Å². The summed E-state index contributed by atoms with van der Waals surface area (Å²) in [7, 11) is 0. The van der Waals surface area contributed by atoms with E-state index in [0.29, 0.717) is 13.0 Å². The van der Waals surface area contributed by atoms with Crippen LogP contribution in [0.4, 0.5) is 0 Å². The highest BCUT2D eigenvalue weighted by Gasteiger charge is 2.44. The van der Waals surface area contributed by atoms with Crippen LogP contribution >= 0.6 is 0 Å². The van der Waals surface area contributed by atoms with E-state index in [2.05, 4.69) is 50.3 Å². The van der Waals surface area contributed by atoms with Gasteiger partial charge in [-0.1, -0.05) is 217 Å². The van der Waals surface area contributed by atoms with E-state index in [0.717, 1.165) is 38.5 Å².